The van der Waals surface area contributed by atoms with Gasteiger partial charge in [-0.3, -0.25) is 14.7 Å². The molecule has 2 heterocycles. The lowest BCUT2D eigenvalue weighted by Crippen LogP contribution is -2.45. The van der Waals surface area contributed by atoms with Gasteiger partial charge in [0.2, 0.25) is 5.91 Å². The lowest BCUT2D eigenvalue weighted by Gasteiger charge is -2.32. The molecule has 7 heteroatoms. The molecular weight excluding hydrogens is 284 g/mol. The Balaban J connectivity index is 1.68. The molecule has 0 radical (unpaired) electrons. The Labute approximate surface area is 127 Å². The molecule has 0 bridgehead atoms. The normalized spacial score (nSPS) is 16.9. The minimum atomic E-state index is -0.549. The number of aromatic amines is 1. The van der Waals surface area contributed by atoms with Crippen LogP contribution in [0.1, 0.15) is 13.3 Å². The van der Waals surface area contributed by atoms with Crippen LogP contribution in [0.15, 0.2) is 36.7 Å². The number of hydrogen-bond acceptors (Lipinski definition) is 4. The van der Waals surface area contributed by atoms with Crippen molar-refractivity contribution in [3.63, 3.8) is 0 Å². The first kappa shape index (κ1) is 14.1. The number of H-pyrrole nitrogens is 1. The second kappa shape index (κ2) is 5.88. The van der Waals surface area contributed by atoms with Crippen LogP contribution in [0.4, 0.5) is 11.4 Å². The van der Waals surface area contributed by atoms with E-state index in [-0.39, 0.29) is 18.2 Å². The van der Waals surface area contributed by atoms with Crippen molar-refractivity contribution in [3.8, 4) is 5.75 Å². The minimum absolute atomic E-state index is 0.144. The summed E-state index contributed by atoms with van der Waals surface area (Å²) in [7, 11) is 0. The number of para-hydroxylation sites is 2. The predicted octanol–water partition coefficient (Wildman–Crippen LogP) is 1.55. The van der Waals surface area contributed by atoms with Gasteiger partial charge in [-0.25, -0.2) is 0 Å². The molecule has 1 aromatic heterocycles. The number of benzene rings is 1. The molecule has 0 fully saturated rings. The smallest absolute Gasteiger partial charge is 0.267 e. The Morgan fingerprint density at radius 3 is 3.05 bits per heavy atom. The van der Waals surface area contributed by atoms with E-state index < -0.39 is 6.10 Å². The summed E-state index contributed by atoms with van der Waals surface area (Å²) in [6, 6.07) is 7.32. The third kappa shape index (κ3) is 2.78. The number of rotatable bonds is 4. The summed E-state index contributed by atoms with van der Waals surface area (Å²) in [6.45, 7) is 2.00. The fourth-order valence-electron chi connectivity index (χ4n) is 2.35. The van der Waals surface area contributed by atoms with E-state index in [1.54, 1.807) is 18.0 Å². The number of carbonyl (C=O) groups excluding carboxylic acids is 2. The zero-order valence-corrected chi connectivity index (χ0v) is 12.1. The van der Waals surface area contributed by atoms with Gasteiger partial charge in [0, 0.05) is 19.2 Å². The first-order valence-electron chi connectivity index (χ1n) is 7.01. The van der Waals surface area contributed by atoms with Gasteiger partial charge in [0.25, 0.3) is 5.91 Å². The molecule has 0 saturated heterocycles. The van der Waals surface area contributed by atoms with Gasteiger partial charge in [-0.15, -0.1) is 0 Å². The third-order valence-electron chi connectivity index (χ3n) is 3.42. The maximum Gasteiger partial charge on any atom is 0.267 e. The van der Waals surface area contributed by atoms with E-state index in [1.165, 1.54) is 6.20 Å². The van der Waals surface area contributed by atoms with Gasteiger partial charge >= 0.3 is 0 Å². The molecule has 1 aliphatic heterocycles. The van der Waals surface area contributed by atoms with Crippen LogP contribution in [0.25, 0.3) is 0 Å². The van der Waals surface area contributed by atoms with Crippen molar-refractivity contribution in [3.05, 3.63) is 36.7 Å². The van der Waals surface area contributed by atoms with Crippen LogP contribution in [0, 0.1) is 0 Å². The standard InChI is InChI=1S/C15H16N4O3/c1-10-15(21)19(12-4-2-3-5-13(12)22-10)7-6-14(20)18-11-8-16-17-9-11/h2-5,8-10H,6-7H2,1H3,(H,16,17)(H,18,20)/t10-/m0/s1. The van der Waals surface area contributed by atoms with Crippen LogP contribution in [-0.2, 0) is 9.59 Å². The molecule has 0 unspecified atom stereocenters. The molecule has 1 aliphatic rings. The van der Waals surface area contributed by atoms with Crippen molar-refractivity contribution in [1.29, 1.82) is 0 Å². The first-order valence-corrected chi connectivity index (χ1v) is 7.01. The highest BCUT2D eigenvalue weighted by molar-refractivity contribution is 6.00. The van der Waals surface area contributed by atoms with Gasteiger partial charge in [0.05, 0.1) is 17.6 Å². The van der Waals surface area contributed by atoms with Crippen molar-refractivity contribution in [2.24, 2.45) is 0 Å². The van der Waals surface area contributed by atoms with Gasteiger partial charge in [-0.05, 0) is 19.1 Å². The van der Waals surface area contributed by atoms with Crippen molar-refractivity contribution in [2.45, 2.75) is 19.4 Å². The predicted molar refractivity (Wildman–Crippen MR) is 80.7 cm³/mol. The molecule has 2 N–H and O–H groups in total. The maximum absolute atomic E-state index is 12.3. The van der Waals surface area contributed by atoms with Crippen LogP contribution in [0.3, 0.4) is 0 Å². The number of fused-ring (bicyclic) bond motifs is 1. The lowest BCUT2D eigenvalue weighted by molar-refractivity contribution is -0.125. The summed E-state index contributed by atoms with van der Waals surface area (Å²) in [6.07, 6.45) is 2.76. The fourth-order valence-corrected chi connectivity index (χ4v) is 2.35. The average molecular weight is 300 g/mol. The van der Waals surface area contributed by atoms with Gasteiger partial charge in [0.15, 0.2) is 6.10 Å². The molecule has 22 heavy (non-hydrogen) atoms. The van der Waals surface area contributed by atoms with Gasteiger partial charge in [0.1, 0.15) is 5.75 Å². The molecule has 2 aromatic rings. The summed E-state index contributed by atoms with van der Waals surface area (Å²) in [5.74, 6) is 0.338. The van der Waals surface area contributed by atoms with Crippen LogP contribution in [0.5, 0.6) is 5.75 Å². The Bertz CT molecular complexity index is 684. The monoisotopic (exact) mass is 300 g/mol. The minimum Gasteiger partial charge on any atom is -0.479 e. The number of amides is 2. The average Bonchev–Trinajstić information content (AvgIpc) is 3.00. The number of carbonyl (C=O) groups is 2. The Kier molecular flexibility index (Phi) is 3.78. The summed E-state index contributed by atoms with van der Waals surface area (Å²) >= 11 is 0. The zero-order valence-electron chi connectivity index (χ0n) is 12.1. The van der Waals surface area contributed by atoms with Crippen LogP contribution >= 0.6 is 0 Å². The summed E-state index contributed by atoms with van der Waals surface area (Å²) < 4.78 is 5.56. The maximum atomic E-state index is 12.3. The molecule has 3 rings (SSSR count). The largest absolute Gasteiger partial charge is 0.479 e. The summed E-state index contributed by atoms with van der Waals surface area (Å²) in [5, 5.41) is 9.09. The van der Waals surface area contributed by atoms with Crippen LogP contribution in [-0.4, -0.2) is 34.7 Å². The molecule has 2 amide bonds. The highest BCUT2D eigenvalue weighted by atomic mass is 16.5. The number of aromatic nitrogens is 2. The van der Waals surface area contributed by atoms with Crippen molar-refractivity contribution < 1.29 is 14.3 Å². The van der Waals surface area contributed by atoms with E-state index in [0.717, 1.165) is 0 Å². The SMILES string of the molecule is C[C@@H]1Oc2ccccc2N(CCC(=O)Nc2cn[nH]c2)C1=O. The highest BCUT2D eigenvalue weighted by Crippen LogP contribution is 2.33. The molecule has 114 valence electrons. The second-order valence-electron chi connectivity index (χ2n) is 5.00. The van der Waals surface area contributed by atoms with E-state index in [9.17, 15) is 9.59 Å². The van der Waals surface area contributed by atoms with E-state index in [2.05, 4.69) is 15.5 Å². The third-order valence-corrected chi connectivity index (χ3v) is 3.42. The fraction of sp³-hybridized carbons (Fsp3) is 0.267. The first-order chi connectivity index (χ1) is 10.6. The number of nitrogens with one attached hydrogen (secondary N) is 2. The number of anilines is 2. The molecular formula is C15H16N4O3. The molecule has 1 aromatic carbocycles. The topological polar surface area (TPSA) is 87.3 Å². The van der Waals surface area contributed by atoms with E-state index in [0.29, 0.717) is 23.7 Å². The summed E-state index contributed by atoms with van der Waals surface area (Å²) in [4.78, 5) is 25.8. The number of nitrogens with zero attached hydrogens (tertiary/aromatic N) is 2. The van der Waals surface area contributed by atoms with Gasteiger partial charge < -0.3 is 15.0 Å². The van der Waals surface area contributed by atoms with Gasteiger partial charge in [-0.2, -0.15) is 5.10 Å². The zero-order chi connectivity index (χ0) is 15.5. The molecule has 7 nitrogen and oxygen atoms in total. The van der Waals surface area contributed by atoms with Crippen LogP contribution in [0.2, 0.25) is 0 Å². The Morgan fingerprint density at radius 2 is 2.27 bits per heavy atom. The Hall–Kier alpha value is -2.83. The number of hydrogen-bond donors (Lipinski definition) is 2. The number of ether oxygens (including phenoxy) is 1. The lowest BCUT2D eigenvalue weighted by atomic mass is 10.1. The van der Waals surface area contributed by atoms with Crippen molar-refractivity contribution >= 4 is 23.2 Å². The molecule has 0 saturated carbocycles. The molecule has 0 aliphatic carbocycles. The van der Waals surface area contributed by atoms with Gasteiger partial charge in [-0.1, -0.05) is 12.1 Å². The van der Waals surface area contributed by atoms with Crippen LogP contribution < -0.4 is 15.0 Å². The van der Waals surface area contributed by atoms with E-state index in [4.69, 9.17) is 4.74 Å². The quantitative estimate of drug-likeness (QED) is 0.897. The highest BCUT2D eigenvalue weighted by Gasteiger charge is 2.31. The second-order valence-corrected chi connectivity index (χ2v) is 5.00. The van der Waals surface area contributed by atoms with E-state index >= 15 is 0 Å². The molecule has 0 spiro atoms. The summed E-state index contributed by atoms with van der Waals surface area (Å²) in [5.41, 5.74) is 1.30. The van der Waals surface area contributed by atoms with E-state index in [1.807, 2.05) is 24.3 Å². The molecule has 1 atom stereocenters. The van der Waals surface area contributed by atoms with Crippen molar-refractivity contribution in [2.75, 3.05) is 16.8 Å². The Morgan fingerprint density at radius 1 is 1.45 bits per heavy atom. The van der Waals surface area contributed by atoms with Crippen molar-refractivity contribution in [1.82, 2.24) is 10.2 Å².